The van der Waals surface area contributed by atoms with Gasteiger partial charge in [0.1, 0.15) is 0 Å². The maximum Gasteiger partial charge on any atom is 0.371 e. The van der Waals surface area contributed by atoms with Crippen LogP contribution in [0.25, 0.3) is 0 Å². The molecule has 2 N–H and O–H groups in total. The van der Waals surface area contributed by atoms with Crippen LogP contribution in [0.2, 0.25) is 5.02 Å². The van der Waals surface area contributed by atoms with E-state index in [2.05, 4.69) is 5.32 Å². The molecule has 0 radical (unpaired) electrons. The zero-order valence-electron chi connectivity index (χ0n) is 13.8. The summed E-state index contributed by atoms with van der Waals surface area (Å²) in [4.78, 5) is 37.7. The lowest BCUT2D eigenvalue weighted by Crippen LogP contribution is -2.36. The molecule has 8 heteroatoms. The molecule has 1 aliphatic rings. The Morgan fingerprint density at radius 2 is 1.73 bits per heavy atom. The first-order chi connectivity index (χ1) is 12.5. The van der Waals surface area contributed by atoms with Gasteiger partial charge in [0.15, 0.2) is 5.76 Å². The van der Waals surface area contributed by atoms with Crippen LogP contribution in [0.4, 0.5) is 5.69 Å². The summed E-state index contributed by atoms with van der Waals surface area (Å²) in [6, 6.07) is 7.09. The number of halogens is 1. The highest BCUT2D eigenvalue weighted by Crippen LogP contribution is 2.25. The van der Waals surface area contributed by atoms with Gasteiger partial charge in [0, 0.05) is 18.1 Å². The summed E-state index contributed by atoms with van der Waals surface area (Å²) in [6.07, 6.45) is 3.00. The van der Waals surface area contributed by atoms with Crippen LogP contribution < -0.4 is 5.32 Å². The highest BCUT2D eigenvalue weighted by molar-refractivity contribution is 6.31. The molecular formula is C18H17ClN2O5. The molecule has 1 aromatic carbocycles. The number of aromatic carboxylic acids is 1. The second-order valence-electron chi connectivity index (χ2n) is 5.97. The largest absolute Gasteiger partial charge is 0.475 e. The van der Waals surface area contributed by atoms with Crippen LogP contribution in [0.15, 0.2) is 34.7 Å². The van der Waals surface area contributed by atoms with E-state index in [4.69, 9.17) is 21.1 Å². The number of hydrogen-bond donors (Lipinski definition) is 2. The van der Waals surface area contributed by atoms with Crippen molar-refractivity contribution in [2.45, 2.75) is 19.3 Å². The van der Waals surface area contributed by atoms with Gasteiger partial charge in [-0.15, -0.1) is 0 Å². The number of carboxylic acid groups (broad SMARTS) is 1. The molecule has 0 saturated carbocycles. The maximum atomic E-state index is 12.8. The highest BCUT2D eigenvalue weighted by atomic mass is 35.5. The van der Waals surface area contributed by atoms with Crippen molar-refractivity contribution in [1.82, 2.24) is 4.90 Å². The number of likely N-dealkylation sites (tertiary alicyclic amines) is 1. The lowest BCUT2D eigenvalue weighted by atomic mass is 10.1. The Morgan fingerprint density at radius 1 is 1.04 bits per heavy atom. The zero-order chi connectivity index (χ0) is 18.7. The number of furan rings is 1. The van der Waals surface area contributed by atoms with Crippen molar-refractivity contribution in [3.8, 4) is 0 Å². The smallest absolute Gasteiger partial charge is 0.371 e. The average Bonchev–Trinajstić information content (AvgIpc) is 3.13. The third kappa shape index (κ3) is 3.88. The Labute approximate surface area is 154 Å². The van der Waals surface area contributed by atoms with Crippen LogP contribution in [0.5, 0.6) is 0 Å². The van der Waals surface area contributed by atoms with Gasteiger partial charge in [0.25, 0.3) is 11.8 Å². The molecule has 0 spiro atoms. The molecular weight excluding hydrogens is 360 g/mol. The molecule has 7 nitrogen and oxygen atoms in total. The molecule has 0 atom stereocenters. The van der Waals surface area contributed by atoms with E-state index in [0.717, 1.165) is 19.3 Å². The van der Waals surface area contributed by atoms with Gasteiger partial charge in [0.2, 0.25) is 5.76 Å². The van der Waals surface area contributed by atoms with Crippen LogP contribution in [0.1, 0.15) is 50.7 Å². The van der Waals surface area contributed by atoms with Gasteiger partial charge in [-0.1, -0.05) is 11.6 Å². The van der Waals surface area contributed by atoms with Crippen molar-refractivity contribution in [2.24, 2.45) is 0 Å². The summed E-state index contributed by atoms with van der Waals surface area (Å²) in [7, 11) is 0. The third-order valence-corrected chi connectivity index (χ3v) is 4.38. The van der Waals surface area contributed by atoms with Crippen LogP contribution in [-0.4, -0.2) is 40.9 Å². The third-order valence-electron chi connectivity index (χ3n) is 4.14. The monoisotopic (exact) mass is 376 g/mol. The molecule has 1 aliphatic heterocycles. The first-order valence-electron chi connectivity index (χ1n) is 8.19. The SMILES string of the molecule is O=C(O)c1ccc(C(=O)Nc2cc(Cl)ccc2C(=O)N2CCCCC2)o1. The van der Waals surface area contributed by atoms with Crippen molar-refractivity contribution in [3.63, 3.8) is 0 Å². The Hall–Kier alpha value is -2.80. The predicted molar refractivity (Wildman–Crippen MR) is 94.8 cm³/mol. The maximum absolute atomic E-state index is 12.8. The van der Waals surface area contributed by atoms with Crippen molar-refractivity contribution in [3.05, 3.63) is 52.4 Å². The summed E-state index contributed by atoms with van der Waals surface area (Å²) in [5, 5.41) is 11.8. The number of nitrogens with one attached hydrogen (secondary N) is 1. The van der Waals surface area contributed by atoms with Crippen molar-refractivity contribution < 1.29 is 23.9 Å². The number of carboxylic acids is 1. The summed E-state index contributed by atoms with van der Waals surface area (Å²) >= 11 is 6.01. The second-order valence-corrected chi connectivity index (χ2v) is 6.40. The average molecular weight is 377 g/mol. The minimum Gasteiger partial charge on any atom is -0.475 e. The van der Waals surface area contributed by atoms with Crippen molar-refractivity contribution in [2.75, 3.05) is 18.4 Å². The minimum atomic E-state index is -1.27. The first kappa shape index (κ1) is 18.0. The highest BCUT2D eigenvalue weighted by Gasteiger charge is 2.23. The number of piperidine rings is 1. The Bertz CT molecular complexity index is 855. The van der Waals surface area contributed by atoms with Gasteiger partial charge in [-0.2, -0.15) is 0 Å². The molecule has 2 heterocycles. The molecule has 0 unspecified atom stereocenters. The summed E-state index contributed by atoms with van der Waals surface area (Å²) in [5.74, 6) is -2.62. The van der Waals surface area contributed by atoms with Gasteiger partial charge < -0.3 is 19.7 Å². The van der Waals surface area contributed by atoms with E-state index in [1.54, 1.807) is 17.0 Å². The van der Waals surface area contributed by atoms with Crippen molar-refractivity contribution in [1.29, 1.82) is 0 Å². The molecule has 2 aromatic rings. The van der Waals surface area contributed by atoms with E-state index >= 15 is 0 Å². The molecule has 3 rings (SSSR count). The number of rotatable bonds is 4. The van der Waals surface area contributed by atoms with Gasteiger partial charge in [-0.25, -0.2) is 4.79 Å². The molecule has 1 aromatic heterocycles. The predicted octanol–water partition coefficient (Wildman–Crippen LogP) is 3.51. The van der Waals surface area contributed by atoms with E-state index in [0.29, 0.717) is 23.7 Å². The molecule has 2 amide bonds. The fourth-order valence-corrected chi connectivity index (χ4v) is 3.00. The molecule has 0 bridgehead atoms. The number of anilines is 1. The number of carbonyl (C=O) groups is 3. The van der Waals surface area contributed by atoms with Crippen molar-refractivity contribution >= 4 is 35.1 Å². The Morgan fingerprint density at radius 3 is 2.38 bits per heavy atom. The first-order valence-corrected chi connectivity index (χ1v) is 8.57. The summed E-state index contributed by atoms with van der Waals surface area (Å²) < 4.78 is 4.99. The number of nitrogens with zero attached hydrogens (tertiary/aromatic N) is 1. The lowest BCUT2D eigenvalue weighted by molar-refractivity contribution is 0.0659. The van der Waals surface area contributed by atoms with Gasteiger partial charge in [-0.05, 0) is 49.6 Å². The molecule has 1 fully saturated rings. The van der Waals surface area contributed by atoms with Crippen LogP contribution in [-0.2, 0) is 0 Å². The lowest BCUT2D eigenvalue weighted by Gasteiger charge is -2.27. The summed E-state index contributed by atoms with van der Waals surface area (Å²) in [5.41, 5.74) is 0.584. The number of amides is 2. The van der Waals surface area contributed by atoms with Gasteiger partial charge in [0.05, 0.1) is 11.3 Å². The number of hydrogen-bond acceptors (Lipinski definition) is 4. The molecule has 1 saturated heterocycles. The molecule has 0 aliphatic carbocycles. The van der Waals surface area contributed by atoms with Gasteiger partial charge >= 0.3 is 5.97 Å². The minimum absolute atomic E-state index is 0.168. The normalized spacial score (nSPS) is 14.1. The topological polar surface area (TPSA) is 99.8 Å². The van der Waals surface area contributed by atoms with E-state index in [9.17, 15) is 14.4 Å². The fraction of sp³-hybridized carbons (Fsp3) is 0.278. The van der Waals surface area contributed by atoms with E-state index in [1.807, 2.05) is 0 Å². The van der Waals surface area contributed by atoms with Crippen LogP contribution in [0.3, 0.4) is 0 Å². The van der Waals surface area contributed by atoms with E-state index in [1.165, 1.54) is 18.2 Å². The quantitative estimate of drug-likeness (QED) is 0.850. The van der Waals surface area contributed by atoms with E-state index < -0.39 is 11.9 Å². The number of carbonyl (C=O) groups excluding carboxylic acids is 2. The van der Waals surface area contributed by atoms with E-state index in [-0.39, 0.29) is 23.1 Å². The van der Waals surface area contributed by atoms with Gasteiger partial charge in [-0.3, -0.25) is 9.59 Å². The fourth-order valence-electron chi connectivity index (χ4n) is 2.83. The Kier molecular flexibility index (Phi) is 5.27. The van der Waals surface area contributed by atoms with Crippen LogP contribution >= 0.6 is 11.6 Å². The number of benzene rings is 1. The molecule has 26 heavy (non-hydrogen) atoms. The zero-order valence-corrected chi connectivity index (χ0v) is 14.6. The second kappa shape index (κ2) is 7.61. The summed E-state index contributed by atoms with van der Waals surface area (Å²) in [6.45, 7) is 1.35. The molecule has 136 valence electrons. The Balaban J connectivity index is 1.84. The standard InChI is InChI=1S/C18H17ClN2O5/c19-11-4-5-12(17(23)21-8-2-1-3-9-21)13(10-11)20-16(22)14-6-7-15(26-14)18(24)25/h4-7,10H,1-3,8-9H2,(H,20,22)(H,24,25). The van der Waals surface area contributed by atoms with Crippen LogP contribution in [0, 0.1) is 0 Å².